The monoisotopic (exact) mass is 276 g/mol. The Kier molecular flexibility index (Phi) is 5.27. The zero-order valence-electron chi connectivity index (χ0n) is 12.4. The van der Waals surface area contributed by atoms with E-state index in [-0.39, 0.29) is 6.03 Å². The Hall–Kier alpha value is -1.71. The Morgan fingerprint density at radius 2 is 2.05 bits per heavy atom. The van der Waals surface area contributed by atoms with E-state index in [1.807, 2.05) is 17.0 Å². The number of nitrogens with zero attached hydrogens (tertiary/aromatic N) is 1. The Morgan fingerprint density at radius 1 is 1.35 bits per heavy atom. The maximum Gasteiger partial charge on any atom is 0.317 e. The van der Waals surface area contributed by atoms with E-state index >= 15 is 0 Å². The van der Waals surface area contributed by atoms with Gasteiger partial charge in [-0.05, 0) is 36.8 Å². The number of amides is 2. The van der Waals surface area contributed by atoms with Crippen LogP contribution in [0.1, 0.15) is 37.7 Å². The van der Waals surface area contributed by atoms with Crippen LogP contribution in [0, 0.1) is 0 Å². The van der Waals surface area contributed by atoms with Gasteiger partial charge in [-0.1, -0.05) is 25.1 Å². The second-order valence-corrected chi connectivity index (χ2v) is 5.24. The first-order chi connectivity index (χ1) is 9.76. The predicted molar refractivity (Wildman–Crippen MR) is 80.2 cm³/mol. The van der Waals surface area contributed by atoms with Crippen LogP contribution in [-0.2, 0) is 0 Å². The first-order valence-electron chi connectivity index (χ1n) is 7.42. The van der Waals surface area contributed by atoms with Crippen molar-refractivity contribution in [2.24, 2.45) is 0 Å². The lowest BCUT2D eigenvalue weighted by Gasteiger charge is -2.32. The second-order valence-electron chi connectivity index (χ2n) is 5.24. The van der Waals surface area contributed by atoms with Crippen LogP contribution in [0.5, 0.6) is 5.75 Å². The molecule has 1 aliphatic rings. The molecule has 0 saturated carbocycles. The van der Waals surface area contributed by atoms with Crippen molar-refractivity contribution in [3.8, 4) is 5.75 Å². The zero-order valence-corrected chi connectivity index (χ0v) is 12.4. The molecule has 0 atom stereocenters. The van der Waals surface area contributed by atoms with Gasteiger partial charge in [0.15, 0.2) is 0 Å². The fourth-order valence-corrected chi connectivity index (χ4v) is 2.74. The van der Waals surface area contributed by atoms with Crippen LogP contribution in [0.25, 0.3) is 0 Å². The molecule has 110 valence electrons. The molecule has 4 nitrogen and oxygen atoms in total. The average Bonchev–Trinajstić information content (AvgIpc) is 2.52. The van der Waals surface area contributed by atoms with Crippen molar-refractivity contribution in [3.05, 3.63) is 29.8 Å². The number of hydrogen-bond acceptors (Lipinski definition) is 2. The van der Waals surface area contributed by atoms with Crippen molar-refractivity contribution in [1.29, 1.82) is 0 Å². The molecule has 1 aromatic carbocycles. The third-order valence-electron chi connectivity index (χ3n) is 3.89. The lowest BCUT2D eigenvalue weighted by Crippen LogP contribution is -2.44. The highest BCUT2D eigenvalue weighted by atomic mass is 16.5. The SMILES string of the molecule is CCCNC(=O)N1CCC(c2ccccc2OC)CC1. The molecule has 0 aromatic heterocycles. The van der Waals surface area contributed by atoms with E-state index < -0.39 is 0 Å². The van der Waals surface area contributed by atoms with E-state index in [1.165, 1.54) is 5.56 Å². The molecule has 1 fully saturated rings. The number of piperidine rings is 1. The molecule has 1 saturated heterocycles. The van der Waals surface area contributed by atoms with Gasteiger partial charge in [0.05, 0.1) is 7.11 Å². The number of methoxy groups -OCH3 is 1. The number of hydrogen-bond donors (Lipinski definition) is 1. The Morgan fingerprint density at radius 3 is 2.70 bits per heavy atom. The van der Waals surface area contributed by atoms with E-state index in [0.29, 0.717) is 5.92 Å². The topological polar surface area (TPSA) is 41.6 Å². The van der Waals surface area contributed by atoms with Gasteiger partial charge >= 0.3 is 6.03 Å². The van der Waals surface area contributed by atoms with Gasteiger partial charge in [-0.3, -0.25) is 0 Å². The summed E-state index contributed by atoms with van der Waals surface area (Å²) < 4.78 is 5.43. The molecule has 0 radical (unpaired) electrons. The van der Waals surface area contributed by atoms with Gasteiger partial charge in [0, 0.05) is 19.6 Å². The summed E-state index contributed by atoms with van der Waals surface area (Å²) in [7, 11) is 1.71. The summed E-state index contributed by atoms with van der Waals surface area (Å²) in [5.74, 6) is 1.45. The minimum Gasteiger partial charge on any atom is -0.496 e. The Balaban J connectivity index is 1.92. The minimum absolute atomic E-state index is 0.0744. The van der Waals surface area contributed by atoms with Crippen molar-refractivity contribution >= 4 is 6.03 Å². The fourth-order valence-electron chi connectivity index (χ4n) is 2.74. The van der Waals surface area contributed by atoms with Crippen LogP contribution in [0.2, 0.25) is 0 Å². The van der Waals surface area contributed by atoms with Crippen LogP contribution in [0.15, 0.2) is 24.3 Å². The summed E-state index contributed by atoms with van der Waals surface area (Å²) >= 11 is 0. The molecule has 0 unspecified atom stereocenters. The van der Waals surface area contributed by atoms with Gasteiger partial charge < -0.3 is 15.0 Å². The van der Waals surface area contributed by atoms with Crippen molar-refractivity contribution in [2.75, 3.05) is 26.7 Å². The molecule has 1 aromatic rings. The van der Waals surface area contributed by atoms with Crippen LogP contribution in [0.4, 0.5) is 4.79 Å². The first-order valence-corrected chi connectivity index (χ1v) is 7.42. The quantitative estimate of drug-likeness (QED) is 0.918. The lowest BCUT2D eigenvalue weighted by molar-refractivity contribution is 0.181. The summed E-state index contributed by atoms with van der Waals surface area (Å²) in [6.07, 6.45) is 2.98. The maximum absolute atomic E-state index is 11.9. The summed E-state index contributed by atoms with van der Waals surface area (Å²) in [6.45, 7) is 4.45. The molecular weight excluding hydrogens is 252 g/mol. The highest BCUT2D eigenvalue weighted by Crippen LogP contribution is 2.33. The third-order valence-corrected chi connectivity index (χ3v) is 3.89. The van der Waals surface area contributed by atoms with E-state index in [0.717, 1.165) is 44.6 Å². The van der Waals surface area contributed by atoms with Gasteiger partial charge in [0.1, 0.15) is 5.75 Å². The molecule has 1 heterocycles. The predicted octanol–water partition coefficient (Wildman–Crippen LogP) is 2.99. The fraction of sp³-hybridized carbons (Fsp3) is 0.562. The average molecular weight is 276 g/mol. The molecule has 0 aliphatic carbocycles. The van der Waals surface area contributed by atoms with E-state index in [2.05, 4.69) is 24.4 Å². The number of para-hydroxylation sites is 1. The number of urea groups is 1. The van der Waals surface area contributed by atoms with Crippen molar-refractivity contribution < 1.29 is 9.53 Å². The van der Waals surface area contributed by atoms with Crippen molar-refractivity contribution in [1.82, 2.24) is 10.2 Å². The second kappa shape index (κ2) is 7.17. The van der Waals surface area contributed by atoms with Crippen LogP contribution < -0.4 is 10.1 Å². The highest BCUT2D eigenvalue weighted by molar-refractivity contribution is 5.74. The standard InChI is InChI=1S/C16H24N2O2/c1-3-10-17-16(19)18-11-8-13(9-12-18)14-6-4-5-7-15(14)20-2/h4-7,13H,3,8-12H2,1-2H3,(H,17,19). The first kappa shape index (κ1) is 14.7. The molecular formula is C16H24N2O2. The van der Waals surface area contributed by atoms with Gasteiger partial charge in [-0.2, -0.15) is 0 Å². The summed E-state index contributed by atoms with van der Waals surface area (Å²) in [4.78, 5) is 13.8. The van der Waals surface area contributed by atoms with E-state index in [9.17, 15) is 4.79 Å². The van der Waals surface area contributed by atoms with Crippen LogP contribution >= 0.6 is 0 Å². The molecule has 1 aliphatic heterocycles. The normalized spacial score (nSPS) is 16.0. The highest BCUT2D eigenvalue weighted by Gasteiger charge is 2.25. The molecule has 20 heavy (non-hydrogen) atoms. The number of nitrogens with one attached hydrogen (secondary N) is 1. The third kappa shape index (κ3) is 3.44. The number of likely N-dealkylation sites (tertiary alicyclic amines) is 1. The van der Waals surface area contributed by atoms with Crippen molar-refractivity contribution in [3.63, 3.8) is 0 Å². The summed E-state index contributed by atoms with van der Waals surface area (Å²) in [5, 5.41) is 2.94. The Bertz CT molecular complexity index is 440. The summed E-state index contributed by atoms with van der Waals surface area (Å²) in [5.41, 5.74) is 1.27. The van der Waals surface area contributed by atoms with Crippen LogP contribution in [0.3, 0.4) is 0 Å². The molecule has 0 spiro atoms. The van der Waals surface area contributed by atoms with Crippen molar-refractivity contribution in [2.45, 2.75) is 32.1 Å². The number of benzene rings is 1. The van der Waals surface area contributed by atoms with Gasteiger partial charge in [-0.15, -0.1) is 0 Å². The lowest BCUT2D eigenvalue weighted by atomic mass is 9.89. The number of ether oxygens (including phenoxy) is 1. The largest absolute Gasteiger partial charge is 0.496 e. The maximum atomic E-state index is 11.9. The zero-order chi connectivity index (χ0) is 14.4. The number of carbonyl (C=O) groups is 1. The number of rotatable bonds is 4. The molecule has 2 rings (SSSR count). The molecule has 0 bridgehead atoms. The van der Waals surface area contributed by atoms with Gasteiger partial charge in [0.2, 0.25) is 0 Å². The molecule has 4 heteroatoms. The van der Waals surface area contributed by atoms with Gasteiger partial charge in [-0.25, -0.2) is 4.79 Å². The van der Waals surface area contributed by atoms with Gasteiger partial charge in [0.25, 0.3) is 0 Å². The number of carbonyl (C=O) groups excluding carboxylic acids is 1. The molecule has 2 amide bonds. The summed E-state index contributed by atoms with van der Waals surface area (Å²) in [6, 6.07) is 8.27. The van der Waals surface area contributed by atoms with E-state index in [1.54, 1.807) is 7.11 Å². The van der Waals surface area contributed by atoms with Crippen LogP contribution in [-0.4, -0.2) is 37.7 Å². The Labute approximate surface area is 121 Å². The molecule has 1 N–H and O–H groups in total. The minimum atomic E-state index is 0.0744. The van der Waals surface area contributed by atoms with E-state index in [4.69, 9.17) is 4.74 Å². The smallest absolute Gasteiger partial charge is 0.317 e.